The zero-order valence-electron chi connectivity index (χ0n) is 11.8. The van der Waals surface area contributed by atoms with Gasteiger partial charge in [-0.25, -0.2) is 0 Å². The van der Waals surface area contributed by atoms with Crippen molar-refractivity contribution in [3.8, 4) is 5.75 Å². The Kier molecular flexibility index (Phi) is 5.39. The van der Waals surface area contributed by atoms with Crippen molar-refractivity contribution in [2.45, 2.75) is 19.4 Å². The SMILES string of the molecule is CCCNC(c1cccnc1)c1ccc(Cl)cc1OC. The van der Waals surface area contributed by atoms with Gasteiger partial charge in [-0.3, -0.25) is 4.98 Å². The van der Waals surface area contributed by atoms with Gasteiger partial charge in [-0.05, 0) is 36.7 Å². The summed E-state index contributed by atoms with van der Waals surface area (Å²) in [4.78, 5) is 4.21. The number of pyridine rings is 1. The third-order valence-corrected chi connectivity index (χ3v) is 3.36. The van der Waals surface area contributed by atoms with Gasteiger partial charge >= 0.3 is 0 Å². The van der Waals surface area contributed by atoms with Gasteiger partial charge in [0.2, 0.25) is 0 Å². The number of aromatic nitrogens is 1. The summed E-state index contributed by atoms with van der Waals surface area (Å²) in [6.07, 6.45) is 4.72. The lowest BCUT2D eigenvalue weighted by molar-refractivity contribution is 0.404. The lowest BCUT2D eigenvalue weighted by Crippen LogP contribution is -2.23. The van der Waals surface area contributed by atoms with Crippen LogP contribution < -0.4 is 10.1 Å². The van der Waals surface area contributed by atoms with Crippen molar-refractivity contribution in [1.29, 1.82) is 0 Å². The summed E-state index contributed by atoms with van der Waals surface area (Å²) in [6, 6.07) is 9.79. The van der Waals surface area contributed by atoms with Gasteiger partial charge in [-0.1, -0.05) is 30.7 Å². The normalized spacial score (nSPS) is 12.2. The molecule has 0 aliphatic carbocycles. The largest absolute Gasteiger partial charge is 0.496 e. The van der Waals surface area contributed by atoms with Crippen molar-refractivity contribution in [1.82, 2.24) is 10.3 Å². The second-order valence-electron chi connectivity index (χ2n) is 4.56. The molecule has 0 fully saturated rings. The molecule has 2 aromatic rings. The molecule has 0 bridgehead atoms. The standard InChI is InChI=1S/C16H19ClN2O/c1-3-8-19-16(12-5-4-9-18-11-12)14-7-6-13(17)10-15(14)20-2/h4-7,9-11,16,19H,3,8H2,1-2H3. The van der Waals surface area contributed by atoms with Crippen molar-refractivity contribution in [2.75, 3.05) is 13.7 Å². The number of benzene rings is 1. The monoisotopic (exact) mass is 290 g/mol. The predicted molar refractivity (Wildman–Crippen MR) is 82.4 cm³/mol. The van der Waals surface area contributed by atoms with Crippen LogP contribution in [0, 0.1) is 0 Å². The number of ether oxygens (including phenoxy) is 1. The molecule has 0 radical (unpaired) electrons. The molecule has 4 heteroatoms. The highest BCUT2D eigenvalue weighted by molar-refractivity contribution is 6.30. The van der Waals surface area contributed by atoms with Crippen LogP contribution >= 0.6 is 11.6 Å². The first kappa shape index (κ1) is 14.8. The lowest BCUT2D eigenvalue weighted by Gasteiger charge is -2.21. The summed E-state index contributed by atoms with van der Waals surface area (Å²) in [5, 5.41) is 4.21. The zero-order chi connectivity index (χ0) is 14.4. The number of rotatable bonds is 6. The van der Waals surface area contributed by atoms with E-state index in [0.717, 1.165) is 29.8 Å². The predicted octanol–water partition coefficient (Wildman–Crippen LogP) is 3.83. The number of hydrogen-bond donors (Lipinski definition) is 1. The lowest BCUT2D eigenvalue weighted by atomic mass is 9.99. The first-order chi connectivity index (χ1) is 9.76. The van der Waals surface area contributed by atoms with E-state index >= 15 is 0 Å². The highest BCUT2D eigenvalue weighted by Gasteiger charge is 2.18. The highest BCUT2D eigenvalue weighted by atomic mass is 35.5. The van der Waals surface area contributed by atoms with Crippen LogP contribution in [0.3, 0.4) is 0 Å². The summed E-state index contributed by atoms with van der Waals surface area (Å²) < 4.78 is 5.46. The van der Waals surface area contributed by atoms with Crippen LogP contribution in [0.5, 0.6) is 5.75 Å². The Hall–Kier alpha value is -1.58. The minimum Gasteiger partial charge on any atom is -0.496 e. The number of hydrogen-bond acceptors (Lipinski definition) is 3. The molecule has 1 heterocycles. The maximum Gasteiger partial charge on any atom is 0.125 e. The highest BCUT2D eigenvalue weighted by Crippen LogP contribution is 2.31. The Morgan fingerprint density at radius 1 is 1.35 bits per heavy atom. The fraction of sp³-hybridized carbons (Fsp3) is 0.312. The summed E-state index contributed by atoms with van der Waals surface area (Å²) in [5.74, 6) is 0.787. The Labute approximate surface area is 124 Å². The van der Waals surface area contributed by atoms with Crippen LogP contribution in [-0.2, 0) is 0 Å². The maximum atomic E-state index is 6.04. The first-order valence-electron chi connectivity index (χ1n) is 6.73. The van der Waals surface area contributed by atoms with Crippen LogP contribution in [0.15, 0.2) is 42.7 Å². The summed E-state index contributed by atoms with van der Waals surface area (Å²) >= 11 is 6.04. The van der Waals surface area contributed by atoms with Gasteiger partial charge in [0.05, 0.1) is 13.2 Å². The molecule has 0 amide bonds. The van der Waals surface area contributed by atoms with E-state index in [0.29, 0.717) is 5.02 Å². The molecule has 1 N–H and O–H groups in total. The topological polar surface area (TPSA) is 34.2 Å². The molecule has 0 aliphatic rings. The molecular formula is C16H19ClN2O. The van der Waals surface area contributed by atoms with E-state index in [1.807, 2.05) is 30.5 Å². The van der Waals surface area contributed by atoms with Gasteiger partial charge in [0.15, 0.2) is 0 Å². The quantitative estimate of drug-likeness (QED) is 0.878. The second-order valence-corrected chi connectivity index (χ2v) is 5.00. The second kappa shape index (κ2) is 7.27. The summed E-state index contributed by atoms with van der Waals surface area (Å²) in [5.41, 5.74) is 2.18. The Balaban J connectivity index is 2.41. The smallest absolute Gasteiger partial charge is 0.125 e. The molecule has 1 aromatic heterocycles. The van der Waals surface area contributed by atoms with Crippen LogP contribution in [0.1, 0.15) is 30.5 Å². The van der Waals surface area contributed by atoms with Crippen molar-refractivity contribution < 1.29 is 4.74 Å². The van der Waals surface area contributed by atoms with E-state index in [1.54, 1.807) is 13.3 Å². The van der Waals surface area contributed by atoms with Crippen molar-refractivity contribution in [3.05, 3.63) is 58.9 Å². The van der Waals surface area contributed by atoms with Crippen molar-refractivity contribution in [3.63, 3.8) is 0 Å². The van der Waals surface area contributed by atoms with Crippen LogP contribution in [-0.4, -0.2) is 18.6 Å². The minimum atomic E-state index is 0.0517. The van der Waals surface area contributed by atoms with Crippen LogP contribution in [0.25, 0.3) is 0 Å². The van der Waals surface area contributed by atoms with Crippen LogP contribution in [0.2, 0.25) is 5.02 Å². The maximum absolute atomic E-state index is 6.04. The zero-order valence-corrected chi connectivity index (χ0v) is 12.5. The number of halogens is 1. The van der Waals surface area contributed by atoms with Gasteiger partial charge in [-0.2, -0.15) is 0 Å². The van der Waals surface area contributed by atoms with E-state index in [9.17, 15) is 0 Å². The van der Waals surface area contributed by atoms with Gasteiger partial charge in [0.25, 0.3) is 0 Å². The van der Waals surface area contributed by atoms with Gasteiger partial charge in [0, 0.05) is 23.0 Å². The third-order valence-electron chi connectivity index (χ3n) is 3.12. The molecule has 3 nitrogen and oxygen atoms in total. The van der Waals surface area contributed by atoms with Gasteiger partial charge in [-0.15, -0.1) is 0 Å². The molecule has 0 saturated carbocycles. The fourth-order valence-corrected chi connectivity index (χ4v) is 2.33. The van der Waals surface area contributed by atoms with E-state index in [1.165, 1.54) is 0 Å². The molecule has 1 atom stereocenters. The molecule has 0 saturated heterocycles. The van der Waals surface area contributed by atoms with Crippen molar-refractivity contribution >= 4 is 11.6 Å². The first-order valence-corrected chi connectivity index (χ1v) is 7.10. The Bertz CT molecular complexity index is 545. The average Bonchev–Trinajstić information content (AvgIpc) is 2.49. The average molecular weight is 291 g/mol. The molecule has 20 heavy (non-hydrogen) atoms. The summed E-state index contributed by atoms with van der Waals surface area (Å²) in [7, 11) is 1.66. The van der Waals surface area contributed by atoms with E-state index < -0.39 is 0 Å². The molecule has 1 aromatic carbocycles. The number of methoxy groups -OCH3 is 1. The number of nitrogens with zero attached hydrogens (tertiary/aromatic N) is 1. The van der Waals surface area contributed by atoms with Gasteiger partial charge in [0.1, 0.15) is 5.75 Å². The van der Waals surface area contributed by atoms with E-state index in [2.05, 4.69) is 23.3 Å². The van der Waals surface area contributed by atoms with E-state index in [4.69, 9.17) is 16.3 Å². The minimum absolute atomic E-state index is 0.0517. The molecule has 106 valence electrons. The Morgan fingerprint density at radius 2 is 2.20 bits per heavy atom. The third kappa shape index (κ3) is 3.50. The molecule has 0 spiro atoms. The fourth-order valence-electron chi connectivity index (χ4n) is 2.17. The van der Waals surface area contributed by atoms with Gasteiger partial charge < -0.3 is 10.1 Å². The van der Waals surface area contributed by atoms with E-state index in [-0.39, 0.29) is 6.04 Å². The number of nitrogens with one attached hydrogen (secondary N) is 1. The molecule has 2 rings (SSSR count). The molecule has 0 aliphatic heterocycles. The molecule has 1 unspecified atom stereocenters. The Morgan fingerprint density at radius 3 is 2.85 bits per heavy atom. The van der Waals surface area contributed by atoms with Crippen LogP contribution in [0.4, 0.5) is 0 Å². The molecular weight excluding hydrogens is 272 g/mol. The van der Waals surface area contributed by atoms with Crippen molar-refractivity contribution in [2.24, 2.45) is 0 Å². The summed E-state index contributed by atoms with van der Waals surface area (Å²) in [6.45, 7) is 3.07.